The van der Waals surface area contributed by atoms with Crippen molar-refractivity contribution in [3.05, 3.63) is 64.8 Å². The molecule has 0 bridgehead atoms. The minimum atomic E-state index is -1.03. The summed E-state index contributed by atoms with van der Waals surface area (Å²) < 4.78 is 17.5. The van der Waals surface area contributed by atoms with E-state index in [1.54, 1.807) is 51.5 Å². The second-order valence-corrected chi connectivity index (χ2v) is 22.1. The van der Waals surface area contributed by atoms with Gasteiger partial charge in [0.25, 0.3) is 0 Å². The zero-order chi connectivity index (χ0) is 50.2. The lowest BCUT2D eigenvalue weighted by atomic mass is 9.65. The Morgan fingerprint density at radius 2 is 1.71 bits per heavy atom. The van der Waals surface area contributed by atoms with Crippen LogP contribution in [0.5, 0.6) is 0 Å². The number of aromatic nitrogens is 1. The molecule has 2 aromatic rings. The summed E-state index contributed by atoms with van der Waals surface area (Å²) >= 11 is 1.56. The first-order valence-electron chi connectivity index (χ1n) is 24.5. The van der Waals surface area contributed by atoms with Gasteiger partial charge in [0.05, 0.1) is 46.7 Å². The number of carbonyl (C=O) groups is 6. The molecule has 2 aliphatic carbocycles. The molecular weight excluding hydrogens is 903 g/mol. The van der Waals surface area contributed by atoms with E-state index in [1.165, 1.54) is 4.90 Å². The number of rotatable bonds is 19. The Hall–Kier alpha value is -4.97. The van der Waals surface area contributed by atoms with E-state index in [-0.39, 0.29) is 112 Å². The van der Waals surface area contributed by atoms with Gasteiger partial charge in [-0.2, -0.15) is 0 Å². The average Bonchev–Trinajstić information content (AvgIpc) is 3.90. The zero-order valence-electron chi connectivity index (χ0n) is 41.5. The third-order valence-corrected chi connectivity index (χ3v) is 14.9. The molecule has 0 saturated carbocycles. The van der Waals surface area contributed by atoms with Crippen LogP contribution < -0.4 is 16.0 Å². The molecule has 2 aliphatic heterocycles. The van der Waals surface area contributed by atoms with E-state index in [0.717, 1.165) is 33.7 Å². The number of fused-ring (bicyclic) bond motifs is 1. The normalized spacial score (nSPS) is 26.3. The number of hydrogen-bond acceptors (Lipinski definition) is 13. The fourth-order valence-electron chi connectivity index (χ4n) is 9.96. The SMILES string of the molecule is Cc1ncsc1-c1ccc(CNC(=O)[C@@H]2C[C@@H](O)CN2C(=O)[C@@H](NC(=O)COCCNC(=O)CCC(C)(C)C(=O)O[C@H]2C[C@@H](C)C=C3C=C[C@H](C)[C@H](CC[C@@H]4C[C@@H](O)CC(=O)O4)[C@H]32)C(C)(C)C)cc1. The number of aliphatic hydroxyl groups is 2. The molecule has 1 aromatic carbocycles. The highest BCUT2D eigenvalue weighted by atomic mass is 32.1. The maximum absolute atomic E-state index is 14.0. The first-order chi connectivity index (χ1) is 32.6. The second kappa shape index (κ2) is 23.3. The Morgan fingerprint density at radius 3 is 2.39 bits per heavy atom. The molecule has 10 atom stereocenters. The summed E-state index contributed by atoms with van der Waals surface area (Å²) in [6.07, 6.45) is 7.11. The quantitative estimate of drug-likeness (QED) is 0.0891. The summed E-state index contributed by atoms with van der Waals surface area (Å²) in [5.41, 5.74) is 4.09. The van der Waals surface area contributed by atoms with Gasteiger partial charge in [0, 0.05) is 44.8 Å². The number of aliphatic hydroxyl groups excluding tert-OH is 2. The molecule has 6 rings (SSSR count). The van der Waals surface area contributed by atoms with Crippen LogP contribution in [0.4, 0.5) is 0 Å². The molecule has 17 heteroatoms. The number of esters is 2. The Balaban J connectivity index is 0.921. The summed E-state index contributed by atoms with van der Waals surface area (Å²) in [6, 6.07) is 5.86. The molecule has 4 amide bonds. The Bertz CT molecular complexity index is 2220. The summed E-state index contributed by atoms with van der Waals surface area (Å²) in [6.45, 7) is 15.1. The number of cyclic esters (lactones) is 1. The standard InChI is InChI=1S/C52H73N5O11S/c1-30-21-35-12-9-31(2)39(16-15-38-23-36(58)25-44(62)67-38)45(35)41(22-30)68-50(65)52(7,8)18-17-42(60)53-19-20-66-28-43(61)56-47(51(4,5)6)49(64)57-27-37(59)24-40(57)48(63)54-26-33-10-13-34(14-11-33)46-32(3)55-29-69-46/h9-14,21,29-31,36-41,45,47,58-59H,15-20,22-28H2,1-8H3,(H,53,60)(H,54,63)(H,56,61)/t30-,31-,36+,37+,38+,39-,40-,41-,45-,47+/m0/s1. The van der Waals surface area contributed by atoms with E-state index in [2.05, 4.69) is 53.0 Å². The lowest BCUT2D eigenvalue weighted by Gasteiger charge is -2.44. The van der Waals surface area contributed by atoms with Gasteiger partial charge in [-0.1, -0.05) is 77.1 Å². The van der Waals surface area contributed by atoms with Crippen molar-refractivity contribution >= 4 is 46.9 Å². The van der Waals surface area contributed by atoms with E-state index < -0.39 is 52.8 Å². The first-order valence-corrected chi connectivity index (χ1v) is 25.4. The van der Waals surface area contributed by atoms with Gasteiger partial charge in [0.2, 0.25) is 23.6 Å². The zero-order valence-corrected chi connectivity index (χ0v) is 42.3. The summed E-state index contributed by atoms with van der Waals surface area (Å²) in [4.78, 5) is 86.1. The number of aryl methyl sites for hydroxylation is 1. The van der Waals surface area contributed by atoms with E-state index in [0.29, 0.717) is 19.3 Å². The van der Waals surface area contributed by atoms with Gasteiger partial charge in [-0.3, -0.25) is 28.8 Å². The number of benzene rings is 1. The number of ether oxygens (including phenoxy) is 3. The van der Waals surface area contributed by atoms with Crippen molar-refractivity contribution in [2.45, 2.75) is 150 Å². The van der Waals surface area contributed by atoms with Gasteiger partial charge in [-0.25, -0.2) is 4.98 Å². The van der Waals surface area contributed by atoms with Crippen LogP contribution in [0, 0.1) is 41.4 Å². The van der Waals surface area contributed by atoms with Crippen LogP contribution in [-0.4, -0.2) is 118 Å². The Kier molecular flexibility index (Phi) is 18.0. The van der Waals surface area contributed by atoms with E-state index in [9.17, 15) is 39.0 Å². The average molecular weight is 976 g/mol. The van der Waals surface area contributed by atoms with E-state index >= 15 is 0 Å². The molecule has 1 aromatic heterocycles. The number of allylic oxidation sites excluding steroid dienone is 3. The molecule has 5 N–H and O–H groups in total. The van der Waals surface area contributed by atoms with Crippen molar-refractivity contribution in [3.8, 4) is 10.4 Å². The molecule has 2 saturated heterocycles. The van der Waals surface area contributed by atoms with Crippen molar-refractivity contribution in [3.63, 3.8) is 0 Å². The summed E-state index contributed by atoms with van der Waals surface area (Å²) in [5, 5.41) is 29.2. The molecule has 0 unspecified atom stereocenters. The number of nitrogens with one attached hydrogen (secondary N) is 3. The van der Waals surface area contributed by atoms with Crippen LogP contribution in [0.1, 0.15) is 111 Å². The van der Waals surface area contributed by atoms with Crippen molar-refractivity contribution in [2.75, 3.05) is 26.3 Å². The van der Waals surface area contributed by atoms with Crippen LogP contribution in [-0.2, 0) is 49.5 Å². The van der Waals surface area contributed by atoms with E-state index in [4.69, 9.17) is 14.2 Å². The van der Waals surface area contributed by atoms with E-state index in [1.807, 2.05) is 31.2 Å². The van der Waals surface area contributed by atoms with Crippen molar-refractivity contribution in [2.24, 2.45) is 34.5 Å². The molecule has 3 heterocycles. The predicted molar refractivity (Wildman–Crippen MR) is 260 cm³/mol. The van der Waals surface area contributed by atoms with Gasteiger partial charge in [-0.15, -0.1) is 11.3 Å². The topological polar surface area (TPSA) is 223 Å². The second-order valence-electron chi connectivity index (χ2n) is 21.2. The predicted octanol–water partition coefficient (Wildman–Crippen LogP) is 5.33. The van der Waals surface area contributed by atoms with Crippen LogP contribution >= 0.6 is 11.3 Å². The molecule has 2 fully saturated rings. The third kappa shape index (κ3) is 14.3. The minimum Gasteiger partial charge on any atom is -0.462 e. The molecule has 0 radical (unpaired) electrons. The molecule has 16 nitrogen and oxygen atoms in total. The van der Waals surface area contributed by atoms with Crippen LogP contribution in [0.3, 0.4) is 0 Å². The third-order valence-electron chi connectivity index (χ3n) is 14.0. The number of thiazole rings is 1. The lowest BCUT2D eigenvalue weighted by molar-refractivity contribution is -0.166. The van der Waals surface area contributed by atoms with Gasteiger partial charge in [0.15, 0.2) is 0 Å². The largest absolute Gasteiger partial charge is 0.462 e. The van der Waals surface area contributed by atoms with Crippen molar-refractivity contribution in [1.82, 2.24) is 25.8 Å². The summed E-state index contributed by atoms with van der Waals surface area (Å²) in [7, 11) is 0. The smallest absolute Gasteiger partial charge is 0.311 e. The van der Waals surface area contributed by atoms with Crippen LogP contribution in [0.25, 0.3) is 10.4 Å². The number of carbonyl (C=O) groups excluding carboxylic acids is 6. The van der Waals surface area contributed by atoms with Crippen LogP contribution in [0.2, 0.25) is 0 Å². The van der Waals surface area contributed by atoms with Gasteiger partial charge >= 0.3 is 11.9 Å². The number of likely N-dealkylation sites (tertiary alicyclic amines) is 1. The fourth-order valence-corrected chi connectivity index (χ4v) is 10.8. The number of hydrogen-bond donors (Lipinski definition) is 5. The fraction of sp³-hybridized carbons (Fsp3) is 0.635. The molecule has 378 valence electrons. The van der Waals surface area contributed by atoms with Crippen molar-refractivity contribution in [1.29, 1.82) is 0 Å². The molecular formula is C52H73N5O11S. The van der Waals surface area contributed by atoms with Gasteiger partial charge in [-0.05, 0) is 86.3 Å². The lowest BCUT2D eigenvalue weighted by Crippen LogP contribution is -2.58. The number of β-amino-alcohol motifs (C(OH)–C–C–N with tert-alkyl or cyclic N) is 1. The monoisotopic (exact) mass is 976 g/mol. The highest BCUT2D eigenvalue weighted by Gasteiger charge is 2.46. The first kappa shape index (κ1) is 53.4. The summed E-state index contributed by atoms with van der Waals surface area (Å²) in [5.74, 6) is -1.96. The molecule has 0 spiro atoms. The highest BCUT2D eigenvalue weighted by Crippen LogP contribution is 2.46. The van der Waals surface area contributed by atoms with Gasteiger partial charge in [0.1, 0.15) is 30.9 Å². The van der Waals surface area contributed by atoms with Crippen LogP contribution in [0.15, 0.2) is 53.6 Å². The maximum Gasteiger partial charge on any atom is 0.311 e. The number of amides is 4. The van der Waals surface area contributed by atoms with Crippen molar-refractivity contribution < 1.29 is 53.2 Å². The minimum absolute atomic E-state index is 0.0157. The maximum atomic E-state index is 14.0. The number of nitrogens with zero attached hydrogens (tertiary/aromatic N) is 2. The highest BCUT2D eigenvalue weighted by molar-refractivity contribution is 7.13. The molecule has 4 aliphatic rings. The van der Waals surface area contributed by atoms with Gasteiger partial charge < -0.3 is 45.3 Å². The molecule has 69 heavy (non-hydrogen) atoms. The Labute approximate surface area is 410 Å². The Morgan fingerprint density at radius 1 is 0.971 bits per heavy atom.